The van der Waals surface area contributed by atoms with Crippen LogP contribution in [0.4, 0.5) is 5.82 Å². The number of imidazole rings is 1. The molecule has 4 nitrogen and oxygen atoms in total. The summed E-state index contributed by atoms with van der Waals surface area (Å²) in [7, 11) is 2.16. The van der Waals surface area contributed by atoms with Crippen LogP contribution in [0.2, 0.25) is 0 Å². The van der Waals surface area contributed by atoms with Gasteiger partial charge in [-0.05, 0) is 37.4 Å². The fourth-order valence-electron chi connectivity index (χ4n) is 2.52. The smallest absolute Gasteiger partial charge is 0.152 e. The Labute approximate surface area is 114 Å². The Morgan fingerprint density at radius 1 is 1.42 bits per heavy atom. The van der Waals surface area contributed by atoms with Crippen LogP contribution in [0.25, 0.3) is 5.65 Å². The Kier molecular flexibility index (Phi) is 3.42. The highest BCUT2D eigenvalue weighted by Crippen LogP contribution is 2.31. The van der Waals surface area contributed by atoms with Gasteiger partial charge in [-0.25, -0.2) is 4.98 Å². The molecule has 3 rings (SSSR count). The lowest BCUT2D eigenvalue weighted by atomic mass is 10.3. The minimum absolute atomic E-state index is 0.867. The second kappa shape index (κ2) is 5.21. The van der Waals surface area contributed by atoms with E-state index in [4.69, 9.17) is 4.98 Å². The predicted molar refractivity (Wildman–Crippen MR) is 78.6 cm³/mol. The lowest BCUT2D eigenvalue weighted by Crippen LogP contribution is -2.23. The highest BCUT2D eigenvalue weighted by atomic mass is 15.2. The van der Waals surface area contributed by atoms with Crippen LogP contribution >= 0.6 is 0 Å². The number of pyridine rings is 1. The lowest BCUT2D eigenvalue weighted by Gasteiger charge is -2.18. The molecular weight excluding hydrogens is 236 g/mol. The molecule has 0 unspecified atom stereocenters. The maximum atomic E-state index is 4.80. The lowest BCUT2D eigenvalue weighted by molar-refractivity contribution is 0.697. The zero-order chi connectivity index (χ0) is 13.2. The highest BCUT2D eigenvalue weighted by molar-refractivity contribution is 5.55. The Morgan fingerprint density at radius 2 is 2.26 bits per heavy atom. The van der Waals surface area contributed by atoms with E-state index in [0.29, 0.717) is 0 Å². The molecule has 0 aromatic carbocycles. The summed E-state index contributed by atoms with van der Waals surface area (Å²) < 4.78 is 2.20. The van der Waals surface area contributed by atoms with Crippen molar-refractivity contribution < 1.29 is 0 Å². The number of anilines is 1. The Bertz CT molecular complexity index is 556. The molecule has 2 aromatic heterocycles. The molecule has 0 aliphatic heterocycles. The third-order valence-electron chi connectivity index (χ3n) is 3.74. The van der Waals surface area contributed by atoms with Crippen molar-refractivity contribution in [3.8, 4) is 0 Å². The fraction of sp³-hybridized carbons (Fsp3) is 0.533. The number of aromatic nitrogens is 2. The van der Waals surface area contributed by atoms with Crippen LogP contribution in [0, 0.1) is 5.92 Å². The van der Waals surface area contributed by atoms with Gasteiger partial charge in [-0.3, -0.25) is 0 Å². The van der Waals surface area contributed by atoms with Crippen molar-refractivity contribution in [2.45, 2.75) is 26.3 Å². The third-order valence-corrected chi connectivity index (χ3v) is 3.74. The van der Waals surface area contributed by atoms with Gasteiger partial charge in [-0.2, -0.15) is 0 Å². The Morgan fingerprint density at radius 3 is 3.00 bits per heavy atom. The quantitative estimate of drug-likeness (QED) is 0.863. The molecule has 19 heavy (non-hydrogen) atoms. The molecular formula is C15H22N4. The molecule has 2 heterocycles. The normalized spacial score (nSPS) is 15.1. The molecule has 0 saturated heterocycles. The second-order valence-electron chi connectivity index (χ2n) is 5.42. The summed E-state index contributed by atoms with van der Waals surface area (Å²) in [6, 6.07) is 6.18. The van der Waals surface area contributed by atoms with E-state index in [2.05, 4.69) is 46.9 Å². The molecule has 1 fully saturated rings. The van der Waals surface area contributed by atoms with Crippen LogP contribution in [0.3, 0.4) is 0 Å². The highest BCUT2D eigenvalue weighted by Gasteiger charge is 2.25. The van der Waals surface area contributed by atoms with Crippen LogP contribution in [0.1, 0.15) is 25.5 Å². The van der Waals surface area contributed by atoms with E-state index >= 15 is 0 Å². The maximum Gasteiger partial charge on any atom is 0.152 e. The van der Waals surface area contributed by atoms with Gasteiger partial charge in [-0.1, -0.05) is 13.0 Å². The van der Waals surface area contributed by atoms with Crippen LogP contribution < -0.4 is 10.2 Å². The van der Waals surface area contributed by atoms with Gasteiger partial charge in [0.15, 0.2) is 5.82 Å². The van der Waals surface area contributed by atoms with Crippen molar-refractivity contribution in [1.29, 1.82) is 0 Å². The van der Waals surface area contributed by atoms with Crippen LogP contribution in [0.5, 0.6) is 0 Å². The molecule has 1 aliphatic rings. The zero-order valence-electron chi connectivity index (χ0n) is 11.8. The second-order valence-corrected chi connectivity index (χ2v) is 5.42. The van der Waals surface area contributed by atoms with Gasteiger partial charge in [-0.15, -0.1) is 0 Å². The van der Waals surface area contributed by atoms with Gasteiger partial charge in [0.2, 0.25) is 0 Å². The molecule has 2 aromatic rings. The van der Waals surface area contributed by atoms with Gasteiger partial charge in [0.25, 0.3) is 0 Å². The predicted octanol–water partition coefficient (Wildman–Crippen LogP) is 2.29. The van der Waals surface area contributed by atoms with Crippen LogP contribution in [0.15, 0.2) is 24.4 Å². The maximum absolute atomic E-state index is 4.80. The summed E-state index contributed by atoms with van der Waals surface area (Å²) in [6.07, 6.45) is 4.85. The molecule has 1 aliphatic carbocycles. The third kappa shape index (κ3) is 2.59. The molecule has 0 radical (unpaired) electrons. The van der Waals surface area contributed by atoms with Crippen LogP contribution in [-0.2, 0) is 6.54 Å². The summed E-state index contributed by atoms with van der Waals surface area (Å²) in [5.74, 6) is 2.00. The number of fused-ring (bicyclic) bond motifs is 1. The van der Waals surface area contributed by atoms with E-state index in [9.17, 15) is 0 Å². The number of hydrogen-bond donors (Lipinski definition) is 1. The van der Waals surface area contributed by atoms with Gasteiger partial charge in [0.05, 0.1) is 5.69 Å². The Balaban J connectivity index is 1.95. The van der Waals surface area contributed by atoms with Gasteiger partial charge in [0.1, 0.15) is 5.65 Å². The van der Waals surface area contributed by atoms with Crippen molar-refractivity contribution in [2.24, 2.45) is 5.92 Å². The fourth-order valence-corrected chi connectivity index (χ4v) is 2.52. The van der Waals surface area contributed by atoms with E-state index in [1.807, 2.05) is 6.07 Å². The summed E-state index contributed by atoms with van der Waals surface area (Å²) >= 11 is 0. The molecule has 4 heteroatoms. The molecule has 0 spiro atoms. The molecule has 102 valence electrons. The number of nitrogens with one attached hydrogen (secondary N) is 1. The Hall–Kier alpha value is -1.55. The summed E-state index contributed by atoms with van der Waals surface area (Å²) in [6.45, 7) is 5.11. The summed E-state index contributed by atoms with van der Waals surface area (Å²) in [5.41, 5.74) is 2.30. The number of nitrogens with zero attached hydrogens (tertiary/aromatic N) is 3. The van der Waals surface area contributed by atoms with E-state index in [0.717, 1.165) is 37.0 Å². The molecule has 1 saturated carbocycles. The molecule has 1 N–H and O–H groups in total. The van der Waals surface area contributed by atoms with Gasteiger partial charge >= 0.3 is 0 Å². The number of rotatable bonds is 6. The first-order valence-electron chi connectivity index (χ1n) is 7.17. The van der Waals surface area contributed by atoms with E-state index in [-0.39, 0.29) is 0 Å². The van der Waals surface area contributed by atoms with Crippen molar-refractivity contribution in [1.82, 2.24) is 14.7 Å². The monoisotopic (exact) mass is 258 g/mol. The summed E-state index contributed by atoms with van der Waals surface area (Å²) in [5, 5.41) is 3.42. The number of hydrogen-bond acceptors (Lipinski definition) is 3. The average molecular weight is 258 g/mol. The molecule has 0 bridgehead atoms. The van der Waals surface area contributed by atoms with Gasteiger partial charge in [0, 0.05) is 26.3 Å². The van der Waals surface area contributed by atoms with Crippen molar-refractivity contribution >= 4 is 11.5 Å². The van der Waals surface area contributed by atoms with Gasteiger partial charge < -0.3 is 14.6 Å². The van der Waals surface area contributed by atoms with Crippen molar-refractivity contribution in [2.75, 3.05) is 25.0 Å². The van der Waals surface area contributed by atoms with E-state index in [1.165, 1.54) is 18.5 Å². The first-order valence-corrected chi connectivity index (χ1v) is 7.17. The average Bonchev–Trinajstić information content (AvgIpc) is 3.15. The zero-order valence-corrected chi connectivity index (χ0v) is 11.8. The molecule has 0 atom stereocenters. The summed E-state index contributed by atoms with van der Waals surface area (Å²) in [4.78, 5) is 7.11. The SMILES string of the molecule is CCNCc1c(N(C)CC2CC2)nc2ccccn12. The van der Waals surface area contributed by atoms with Crippen molar-refractivity contribution in [3.05, 3.63) is 30.1 Å². The van der Waals surface area contributed by atoms with Crippen LogP contribution in [-0.4, -0.2) is 29.5 Å². The minimum atomic E-state index is 0.867. The minimum Gasteiger partial charge on any atom is -0.358 e. The first-order chi connectivity index (χ1) is 9.29. The standard InChI is InChI=1S/C15H22N4/c1-3-16-10-13-15(18(2)11-12-7-8-12)17-14-6-4-5-9-19(13)14/h4-6,9,12,16H,3,7-8,10-11H2,1-2H3. The van der Waals surface area contributed by atoms with E-state index in [1.54, 1.807) is 0 Å². The molecule has 0 amide bonds. The van der Waals surface area contributed by atoms with Crippen molar-refractivity contribution in [3.63, 3.8) is 0 Å². The topological polar surface area (TPSA) is 32.6 Å². The van der Waals surface area contributed by atoms with E-state index < -0.39 is 0 Å². The largest absolute Gasteiger partial charge is 0.358 e. The first kappa shape index (κ1) is 12.5.